The summed E-state index contributed by atoms with van der Waals surface area (Å²) in [5.41, 5.74) is 0.195. The van der Waals surface area contributed by atoms with Crippen LogP contribution in [0.3, 0.4) is 0 Å². The maximum absolute atomic E-state index is 13.7. The van der Waals surface area contributed by atoms with Crippen molar-refractivity contribution in [3.05, 3.63) is 129 Å². The normalized spacial score (nSPS) is 10.4. The second kappa shape index (κ2) is 12.0. The van der Waals surface area contributed by atoms with E-state index < -0.39 is 21.7 Å². The van der Waals surface area contributed by atoms with E-state index in [2.05, 4.69) is 0 Å². The topological polar surface area (TPSA) is 127 Å². The highest BCUT2D eigenvalue weighted by atomic mass is 32.2. The van der Waals surface area contributed by atoms with E-state index in [-0.39, 0.29) is 22.7 Å². The number of hydrogen-bond acceptors (Lipinski definition) is 8. The lowest BCUT2D eigenvalue weighted by Crippen LogP contribution is -2.40. The van der Waals surface area contributed by atoms with Crippen LogP contribution in [0.15, 0.2) is 119 Å². The third kappa shape index (κ3) is 6.35. The molecular formula is C26H18N4O6S2. The molecule has 0 atom stereocenters. The van der Waals surface area contributed by atoms with E-state index in [0.29, 0.717) is 9.79 Å². The van der Waals surface area contributed by atoms with Crippen LogP contribution < -0.4 is 8.61 Å². The number of amides is 2. The number of hydrogen-bond donors (Lipinski definition) is 0. The van der Waals surface area contributed by atoms with E-state index in [1.54, 1.807) is 60.7 Å². The van der Waals surface area contributed by atoms with Crippen LogP contribution in [0.1, 0.15) is 0 Å². The van der Waals surface area contributed by atoms with E-state index in [0.717, 1.165) is 32.5 Å². The molecule has 4 aromatic carbocycles. The Kier molecular flexibility index (Phi) is 8.36. The first-order valence-electron chi connectivity index (χ1n) is 11.0. The third-order valence-electron chi connectivity index (χ3n) is 5.02. The minimum atomic E-state index is -0.922. The molecule has 0 bridgehead atoms. The van der Waals surface area contributed by atoms with Gasteiger partial charge in [0.1, 0.15) is 0 Å². The maximum Gasteiger partial charge on any atom is 0.328 e. The van der Waals surface area contributed by atoms with E-state index in [9.17, 15) is 29.8 Å². The van der Waals surface area contributed by atoms with Crippen LogP contribution in [0, 0.1) is 20.2 Å². The molecule has 0 aliphatic rings. The lowest BCUT2D eigenvalue weighted by Gasteiger charge is -2.25. The molecule has 0 spiro atoms. The number of rotatable bonds is 8. The summed E-state index contributed by atoms with van der Waals surface area (Å²) in [6.45, 7) is 0. The quantitative estimate of drug-likeness (QED) is 0.109. The van der Waals surface area contributed by atoms with Crippen LogP contribution in [-0.4, -0.2) is 21.7 Å². The first-order valence-corrected chi connectivity index (χ1v) is 12.5. The highest BCUT2D eigenvalue weighted by Gasteiger charge is 2.32. The Morgan fingerprint density at radius 2 is 0.842 bits per heavy atom. The van der Waals surface area contributed by atoms with Crippen molar-refractivity contribution in [2.24, 2.45) is 0 Å². The van der Waals surface area contributed by atoms with Crippen LogP contribution in [0.5, 0.6) is 0 Å². The summed E-state index contributed by atoms with van der Waals surface area (Å²) in [6.07, 6.45) is 0. The molecule has 0 aliphatic heterocycles. The second-order valence-corrected chi connectivity index (χ2v) is 9.59. The Morgan fingerprint density at radius 3 is 1.13 bits per heavy atom. The van der Waals surface area contributed by atoms with E-state index >= 15 is 0 Å². The molecule has 0 heterocycles. The largest absolute Gasteiger partial charge is 0.328 e. The van der Waals surface area contributed by atoms with E-state index in [1.165, 1.54) is 48.5 Å². The van der Waals surface area contributed by atoms with E-state index in [4.69, 9.17) is 0 Å². The summed E-state index contributed by atoms with van der Waals surface area (Å²) in [7, 11) is 0. The number of non-ortho nitro benzene ring substituents is 2. The number of nitro benzene ring substituents is 2. The molecular weight excluding hydrogens is 528 g/mol. The molecule has 0 aromatic heterocycles. The second-order valence-electron chi connectivity index (χ2n) is 7.55. The van der Waals surface area contributed by atoms with Crippen LogP contribution in [0.4, 0.5) is 22.7 Å². The maximum atomic E-state index is 13.7. The minimum Gasteiger partial charge on any atom is -0.262 e. The van der Waals surface area contributed by atoms with Crippen molar-refractivity contribution in [3.8, 4) is 0 Å². The third-order valence-corrected chi connectivity index (χ3v) is 7.11. The molecule has 4 aromatic rings. The summed E-state index contributed by atoms with van der Waals surface area (Å²) >= 11 is 1.97. The molecule has 0 N–H and O–H groups in total. The van der Waals surface area contributed by atoms with Crippen LogP contribution in [0.2, 0.25) is 0 Å². The molecule has 4 rings (SSSR count). The van der Waals surface area contributed by atoms with Gasteiger partial charge in [0.25, 0.3) is 11.4 Å². The Balaban J connectivity index is 1.72. The fourth-order valence-electron chi connectivity index (χ4n) is 3.19. The summed E-state index contributed by atoms with van der Waals surface area (Å²) in [5, 5.41) is 22.2. The molecule has 0 radical (unpaired) electrons. The standard InChI is InChI=1S/C26H18N4O6S2/c31-25(27(37-23-7-3-1-4-8-23)19-11-15-21(16-12-19)29(33)34)26(32)28(38-24-9-5-2-6-10-24)20-13-17-22(18-14-20)30(35)36/h1-18H. The number of carbonyl (C=O) groups excluding carboxylic acids is 2. The van der Waals surface area contributed by atoms with Crippen LogP contribution >= 0.6 is 23.9 Å². The highest BCUT2D eigenvalue weighted by Crippen LogP contribution is 2.34. The Labute approximate surface area is 225 Å². The lowest BCUT2D eigenvalue weighted by molar-refractivity contribution is -0.385. The number of nitrogens with zero attached hydrogens (tertiary/aromatic N) is 4. The number of nitro groups is 2. The zero-order chi connectivity index (χ0) is 27.1. The minimum absolute atomic E-state index is 0.163. The Hall–Kier alpha value is -4.68. The van der Waals surface area contributed by atoms with Crippen molar-refractivity contribution in [3.63, 3.8) is 0 Å². The zero-order valence-corrected chi connectivity index (χ0v) is 21.1. The molecule has 0 saturated heterocycles. The Bertz CT molecular complexity index is 1340. The highest BCUT2D eigenvalue weighted by molar-refractivity contribution is 8.02. The van der Waals surface area contributed by atoms with Gasteiger partial charge >= 0.3 is 11.8 Å². The zero-order valence-electron chi connectivity index (χ0n) is 19.4. The number of carbonyl (C=O) groups is 2. The van der Waals surface area contributed by atoms with Gasteiger partial charge in [-0.05, 0) is 72.4 Å². The summed E-state index contributed by atoms with van der Waals surface area (Å²) in [6, 6.07) is 28.3. The molecule has 0 saturated carbocycles. The van der Waals surface area contributed by atoms with Gasteiger partial charge in [-0.1, -0.05) is 36.4 Å². The van der Waals surface area contributed by atoms with Crippen molar-refractivity contribution in [1.82, 2.24) is 0 Å². The fourth-order valence-corrected chi connectivity index (χ4v) is 4.95. The van der Waals surface area contributed by atoms with Crippen molar-refractivity contribution >= 4 is 58.5 Å². The van der Waals surface area contributed by atoms with Gasteiger partial charge in [-0.15, -0.1) is 0 Å². The van der Waals surface area contributed by atoms with Gasteiger partial charge in [0.05, 0.1) is 21.2 Å². The van der Waals surface area contributed by atoms with Gasteiger partial charge in [0, 0.05) is 34.1 Å². The van der Waals surface area contributed by atoms with Crippen LogP contribution in [0.25, 0.3) is 0 Å². The first-order chi connectivity index (χ1) is 18.3. The Morgan fingerprint density at radius 1 is 0.526 bits per heavy atom. The molecule has 10 nitrogen and oxygen atoms in total. The lowest BCUT2D eigenvalue weighted by atomic mass is 10.2. The number of anilines is 2. The predicted molar refractivity (Wildman–Crippen MR) is 146 cm³/mol. The summed E-state index contributed by atoms with van der Waals surface area (Å²) < 4.78 is 2.32. The van der Waals surface area contributed by atoms with Gasteiger partial charge in [0.15, 0.2) is 0 Å². The molecule has 0 fully saturated rings. The molecule has 0 unspecified atom stereocenters. The first kappa shape index (κ1) is 26.4. The summed E-state index contributed by atoms with van der Waals surface area (Å²) in [5.74, 6) is -1.84. The molecule has 12 heteroatoms. The fraction of sp³-hybridized carbons (Fsp3) is 0. The molecule has 0 aliphatic carbocycles. The van der Waals surface area contributed by atoms with Crippen molar-refractivity contribution in [1.29, 1.82) is 0 Å². The van der Waals surface area contributed by atoms with Crippen LogP contribution in [-0.2, 0) is 9.59 Å². The molecule has 190 valence electrons. The SMILES string of the molecule is O=C(C(=O)N(Sc1ccccc1)c1ccc([N+](=O)[O-])cc1)N(Sc1ccccc1)c1ccc([N+](=O)[O-])cc1. The average molecular weight is 547 g/mol. The molecule has 2 amide bonds. The van der Waals surface area contributed by atoms with Gasteiger partial charge in [-0.25, -0.2) is 8.61 Å². The van der Waals surface area contributed by atoms with Gasteiger partial charge in [-0.2, -0.15) is 0 Å². The van der Waals surface area contributed by atoms with E-state index in [1.807, 2.05) is 0 Å². The van der Waals surface area contributed by atoms with Gasteiger partial charge in [-0.3, -0.25) is 29.8 Å². The average Bonchev–Trinajstić information content (AvgIpc) is 2.95. The van der Waals surface area contributed by atoms with Gasteiger partial charge < -0.3 is 0 Å². The molecule has 38 heavy (non-hydrogen) atoms. The van der Waals surface area contributed by atoms with Crippen molar-refractivity contribution in [2.45, 2.75) is 9.79 Å². The monoisotopic (exact) mass is 546 g/mol. The van der Waals surface area contributed by atoms with Crippen molar-refractivity contribution < 1.29 is 19.4 Å². The predicted octanol–water partition coefficient (Wildman–Crippen LogP) is 6.28. The van der Waals surface area contributed by atoms with Gasteiger partial charge in [0.2, 0.25) is 0 Å². The smallest absolute Gasteiger partial charge is 0.262 e. The summed E-state index contributed by atoms with van der Waals surface area (Å²) in [4.78, 5) is 49.8. The number of benzene rings is 4. The van der Waals surface area contributed by atoms with Crippen molar-refractivity contribution in [2.75, 3.05) is 8.61 Å².